The largest absolute Gasteiger partial charge is 0.466 e. The third-order valence-electron chi connectivity index (χ3n) is 5.62. The van der Waals surface area contributed by atoms with E-state index in [4.69, 9.17) is 14.0 Å². The summed E-state index contributed by atoms with van der Waals surface area (Å²) in [6.45, 7) is 5.45. The number of halogens is 1. The number of anilines is 1. The highest BCUT2D eigenvalue weighted by Gasteiger charge is 2.21. The number of carbonyl (C=O) groups is 2. The van der Waals surface area contributed by atoms with Gasteiger partial charge in [-0.3, -0.25) is 10.1 Å². The molecule has 0 radical (unpaired) electrons. The molecule has 0 saturated carbocycles. The van der Waals surface area contributed by atoms with Crippen LogP contribution in [0.5, 0.6) is 0 Å². The molecule has 0 bridgehead atoms. The van der Waals surface area contributed by atoms with Crippen molar-refractivity contribution in [3.8, 4) is 11.3 Å². The second-order valence-corrected chi connectivity index (χ2v) is 9.57. The van der Waals surface area contributed by atoms with Crippen molar-refractivity contribution >= 4 is 29.5 Å². The molecule has 0 aliphatic heterocycles. The molecule has 38 heavy (non-hydrogen) atoms. The van der Waals surface area contributed by atoms with Crippen LogP contribution in [0.15, 0.2) is 87.1 Å². The highest BCUT2D eigenvalue weighted by atomic mass is 32.2. The summed E-state index contributed by atoms with van der Waals surface area (Å²) in [7, 11) is 0. The van der Waals surface area contributed by atoms with Crippen molar-refractivity contribution in [1.82, 2.24) is 5.16 Å². The van der Waals surface area contributed by atoms with Gasteiger partial charge in [-0.15, -0.1) is 0 Å². The Kier molecular flexibility index (Phi) is 8.81. The Balaban J connectivity index is 1.43. The average Bonchev–Trinajstić information content (AvgIpc) is 3.24. The molecule has 3 aromatic carbocycles. The lowest BCUT2D eigenvalue weighted by atomic mass is 10.1. The molecule has 1 heterocycles. The molecule has 1 amide bonds. The molecule has 0 aliphatic rings. The van der Waals surface area contributed by atoms with Crippen LogP contribution in [0.2, 0.25) is 0 Å². The zero-order chi connectivity index (χ0) is 27.1. The second kappa shape index (κ2) is 12.4. The number of hydrogen-bond acceptors (Lipinski definition) is 7. The highest BCUT2D eigenvalue weighted by molar-refractivity contribution is 7.99. The van der Waals surface area contributed by atoms with E-state index in [9.17, 15) is 14.0 Å². The van der Waals surface area contributed by atoms with Crippen LogP contribution in [-0.4, -0.2) is 23.8 Å². The predicted molar refractivity (Wildman–Crippen MR) is 142 cm³/mol. The first-order chi connectivity index (χ1) is 18.3. The number of rotatable bonds is 9. The molecule has 1 atom stereocenters. The molecule has 1 unspecified atom stereocenters. The molecule has 4 aromatic rings. The van der Waals surface area contributed by atoms with E-state index in [1.165, 1.54) is 6.07 Å². The van der Waals surface area contributed by atoms with E-state index in [1.807, 2.05) is 48.5 Å². The van der Waals surface area contributed by atoms with Crippen LogP contribution < -0.4 is 5.32 Å². The van der Waals surface area contributed by atoms with Gasteiger partial charge < -0.3 is 14.0 Å². The molecule has 0 aliphatic carbocycles. The van der Waals surface area contributed by atoms with Crippen LogP contribution in [0.3, 0.4) is 0 Å². The Morgan fingerprint density at radius 2 is 1.82 bits per heavy atom. The molecule has 0 spiro atoms. The fraction of sp³-hybridized carbons (Fsp3) is 0.207. The molecule has 0 saturated heterocycles. The molecular weight excluding hydrogens is 507 g/mol. The van der Waals surface area contributed by atoms with Gasteiger partial charge in [-0.05, 0) is 68.8 Å². The molecule has 1 aromatic heterocycles. The predicted octanol–water partition coefficient (Wildman–Crippen LogP) is 7.36. The van der Waals surface area contributed by atoms with Crippen LogP contribution in [0, 0.1) is 12.7 Å². The van der Waals surface area contributed by atoms with Gasteiger partial charge in [-0.2, -0.15) is 0 Å². The van der Waals surface area contributed by atoms with Crippen molar-refractivity contribution < 1.29 is 28.0 Å². The van der Waals surface area contributed by atoms with Crippen molar-refractivity contribution in [3.05, 3.63) is 95.4 Å². The van der Waals surface area contributed by atoms with Gasteiger partial charge >= 0.3 is 12.1 Å². The summed E-state index contributed by atoms with van der Waals surface area (Å²) in [4.78, 5) is 26.3. The van der Waals surface area contributed by atoms with E-state index in [-0.39, 0.29) is 18.0 Å². The highest BCUT2D eigenvalue weighted by Crippen LogP contribution is 2.34. The Bertz CT molecular complexity index is 1420. The standard InChI is InChI=1S/C29H27FN2O5S/c1-4-35-26(33)17-20-8-7-9-23(16-20)38-22-14-12-21(13-15-22)28-27(18(2)32-37-28)31-29(34)36-19(3)24-10-5-6-11-25(24)30/h5-16,19H,4,17H2,1-3H3,(H,31,34). The summed E-state index contributed by atoms with van der Waals surface area (Å²) in [5, 5.41) is 6.67. The van der Waals surface area contributed by atoms with Crippen molar-refractivity contribution in [1.29, 1.82) is 0 Å². The normalized spacial score (nSPS) is 11.6. The lowest BCUT2D eigenvalue weighted by molar-refractivity contribution is -0.142. The minimum absolute atomic E-state index is 0.225. The number of hydrogen-bond donors (Lipinski definition) is 1. The van der Waals surface area contributed by atoms with E-state index >= 15 is 0 Å². The van der Waals surface area contributed by atoms with Crippen LogP contribution in [0.1, 0.15) is 36.8 Å². The van der Waals surface area contributed by atoms with E-state index in [0.29, 0.717) is 29.3 Å². The maximum Gasteiger partial charge on any atom is 0.412 e. The van der Waals surface area contributed by atoms with Crippen LogP contribution in [-0.2, 0) is 20.7 Å². The second-order valence-electron chi connectivity index (χ2n) is 8.42. The number of carbonyl (C=O) groups excluding carboxylic acids is 2. The first-order valence-electron chi connectivity index (χ1n) is 12.0. The van der Waals surface area contributed by atoms with Gasteiger partial charge in [0, 0.05) is 20.9 Å². The number of ether oxygens (including phenoxy) is 2. The number of amides is 1. The van der Waals surface area contributed by atoms with Gasteiger partial charge in [0.1, 0.15) is 23.3 Å². The Morgan fingerprint density at radius 1 is 1.05 bits per heavy atom. The summed E-state index contributed by atoms with van der Waals surface area (Å²) in [5.41, 5.74) is 2.73. The zero-order valence-electron chi connectivity index (χ0n) is 21.2. The van der Waals surface area contributed by atoms with Gasteiger partial charge in [0.2, 0.25) is 0 Å². The number of aryl methyl sites for hydroxylation is 1. The molecule has 1 N–H and O–H groups in total. The first kappa shape index (κ1) is 26.9. The maximum absolute atomic E-state index is 14.0. The van der Waals surface area contributed by atoms with Crippen LogP contribution in [0.4, 0.5) is 14.9 Å². The summed E-state index contributed by atoms with van der Waals surface area (Å²) in [5.74, 6) is -0.319. The van der Waals surface area contributed by atoms with Gasteiger partial charge in [-0.1, -0.05) is 47.3 Å². The van der Waals surface area contributed by atoms with E-state index in [2.05, 4.69) is 10.5 Å². The van der Waals surface area contributed by atoms with E-state index < -0.39 is 18.0 Å². The smallest absolute Gasteiger partial charge is 0.412 e. The first-order valence-corrected chi connectivity index (χ1v) is 12.9. The number of esters is 1. The maximum atomic E-state index is 14.0. The SMILES string of the molecule is CCOC(=O)Cc1cccc(Sc2ccc(-c3onc(C)c3NC(=O)OC(C)c3ccccc3F)cc2)c1. The Hall–Kier alpha value is -4.11. The molecule has 7 nitrogen and oxygen atoms in total. The summed E-state index contributed by atoms with van der Waals surface area (Å²) in [6, 6.07) is 21.5. The number of aromatic nitrogens is 1. The zero-order valence-corrected chi connectivity index (χ0v) is 22.0. The lowest BCUT2D eigenvalue weighted by Gasteiger charge is -2.15. The van der Waals surface area contributed by atoms with Crippen molar-refractivity contribution in [2.24, 2.45) is 0 Å². The van der Waals surface area contributed by atoms with E-state index in [0.717, 1.165) is 15.4 Å². The van der Waals surface area contributed by atoms with Crippen LogP contribution in [0.25, 0.3) is 11.3 Å². The summed E-state index contributed by atoms with van der Waals surface area (Å²) < 4.78 is 29.9. The minimum Gasteiger partial charge on any atom is -0.466 e. The van der Waals surface area contributed by atoms with E-state index in [1.54, 1.807) is 50.7 Å². The molecule has 4 rings (SSSR count). The third kappa shape index (κ3) is 6.80. The molecular formula is C29H27FN2O5S. The average molecular weight is 535 g/mol. The monoisotopic (exact) mass is 534 g/mol. The fourth-order valence-corrected chi connectivity index (χ4v) is 4.68. The fourth-order valence-electron chi connectivity index (χ4n) is 3.78. The third-order valence-corrected chi connectivity index (χ3v) is 6.62. The van der Waals surface area contributed by atoms with Gasteiger partial charge in [0.25, 0.3) is 0 Å². The van der Waals surface area contributed by atoms with Crippen molar-refractivity contribution in [3.63, 3.8) is 0 Å². The Labute approximate surface area is 224 Å². The van der Waals surface area contributed by atoms with Crippen molar-refractivity contribution in [2.75, 3.05) is 11.9 Å². The molecule has 0 fully saturated rings. The van der Waals surface area contributed by atoms with Gasteiger partial charge in [0.05, 0.1) is 13.0 Å². The Morgan fingerprint density at radius 3 is 2.55 bits per heavy atom. The quantitative estimate of drug-likeness (QED) is 0.224. The van der Waals surface area contributed by atoms with Gasteiger partial charge in [-0.25, -0.2) is 9.18 Å². The number of nitrogens with zero attached hydrogens (tertiary/aromatic N) is 1. The minimum atomic E-state index is -0.785. The molecule has 9 heteroatoms. The molecule has 196 valence electrons. The van der Waals surface area contributed by atoms with Crippen LogP contribution >= 0.6 is 11.8 Å². The number of benzene rings is 3. The lowest BCUT2D eigenvalue weighted by Crippen LogP contribution is -2.17. The van der Waals surface area contributed by atoms with Gasteiger partial charge in [0.15, 0.2) is 5.76 Å². The number of nitrogens with one attached hydrogen (secondary N) is 1. The van der Waals surface area contributed by atoms with Crippen molar-refractivity contribution in [2.45, 2.75) is 43.1 Å². The summed E-state index contributed by atoms with van der Waals surface area (Å²) in [6.07, 6.45) is -1.31. The topological polar surface area (TPSA) is 90.7 Å². The summed E-state index contributed by atoms with van der Waals surface area (Å²) >= 11 is 1.55.